The number of nitrogens with zero attached hydrogens (tertiary/aromatic N) is 1. The number of halogens is 1. The van der Waals surface area contributed by atoms with Crippen molar-refractivity contribution >= 4 is 27.9 Å². The number of carbonyl (C=O) groups is 1. The first kappa shape index (κ1) is 17.6. The first-order valence-corrected chi connectivity index (χ1v) is 7.20. The SMILES string of the molecule is CC(C)COCN(CCCl)S(=O)(=O)OC(=O)CO. The van der Waals surface area contributed by atoms with Gasteiger partial charge in [-0.2, -0.15) is 8.42 Å². The molecule has 0 atom stereocenters. The Morgan fingerprint density at radius 3 is 2.50 bits per heavy atom. The van der Waals surface area contributed by atoms with Crippen LogP contribution < -0.4 is 0 Å². The summed E-state index contributed by atoms with van der Waals surface area (Å²) in [5.41, 5.74) is 0. The molecule has 0 radical (unpaired) electrons. The zero-order chi connectivity index (χ0) is 14.2. The molecule has 7 nitrogen and oxygen atoms in total. The van der Waals surface area contributed by atoms with E-state index >= 15 is 0 Å². The Hall–Kier alpha value is -0.410. The molecule has 0 aliphatic carbocycles. The number of rotatable bonds is 9. The topological polar surface area (TPSA) is 93.1 Å². The summed E-state index contributed by atoms with van der Waals surface area (Å²) in [6, 6.07) is 0. The van der Waals surface area contributed by atoms with Crippen molar-refractivity contribution in [2.75, 3.05) is 32.4 Å². The van der Waals surface area contributed by atoms with Crippen molar-refractivity contribution in [1.82, 2.24) is 4.31 Å². The molecule has 0 aliphatic heterocycles. The molecule has 0 rings (SSSR count). The molecule has 18 heavy (non-hydrogen) atoms. The van der Waals surface area contributed by atoms with Gasteiger partial charge in [-0.25, -0.2) is 4.79 Å². The Labute approximate surface area is 112 Å². The second kappa shape index (κ2) is 8.65. The monoisotopic (exact) mass is 303 g/mol. The smallest absolute Gasteiger partial charge is 0.385 e. The van der Waals surface area contributed by atoms with Crippen molar-refractivity contribution in [2.45, 2.75) is 13.8 Å². The highest BCUT2D eigenvalue weighted by atomic mass is 35.5. The van der Waals surface area contributed by atoms with Crippen LogP contribution >= 0.6 is 11.6 Å². The van der Waals surface area contributed by atoms with Gasteiger partial charge >= 0.3 is 16.3 Å². The van der Waals surface area contributed by atoms with E-state index in [4.69, 9.17) is 21.4 Å². The summed E-state index contributed by atoms with van der Waals surface area (Å²) in [5, 5.41) is 8.44. The quantitative estimate of drug-likeness (QED) is 0.474. The molecular weight excluding hydrogens is 286 g/mol. The molecule has 0 bridgehead atoms. The largest absolute Gasteiger partial charge is 0.389 e. The molecule has 0 aromatic rings. The van der Waals surface area contributed by atoms with E-state index in [0.717, 1.165) is 4.31 Å². The van der Waals surface area contributed by atoms with E-state index < -0.39 is 22.9 Å². The second-order valence-corrected chi connectivity index (χ2v) is 5.75. The van der Waals surface area contributed by atoms with Crippen LogP contribution in [0, 0.1) is 5.92 Å². The Morgan fingerprint density at radius 1 is 1.44 bits per heavy atom. The van der Waals surface area contributed by atoms with Gasteiger partial charge in [-0.15, -0.1) is 15.9 Å². The molecule has 0 spiro atoms. The maximum Gasteiger partial charge on any atom is 0.389 e. The predicted octanol–water partition coefficient (Wildman–Crippen LogP) is -0.0624. The normalized spacial score (nSPS) is 12.1. The van der Waals surface area contributed by atoms with Crippen LogP contribution in [0.3, 0.4) is 0 Å². The highest BCUT2D eigenvalue weighted by Crippen LogP contribution is 2.06. The molecule has 0 aromatic carbocycles. The van der Waals surface area contributed by atoms with Gasteiger partial charge in [-0.05, 0) is 5.92 Å². The second-order valence-electron chi connectivity index (χ2n) is 3.83. The van der Waals surface area contributed by atoms with Crippen LogP contribution in [0.15, 0.2) is 0 Å². The van der Waals surface area contributed by atoms with Gasteiger partial charge in [-0.3, -0.25) is 0 Å². The molecule has 0 amide bonds. The number of hydrogen-bond acceptors (Lipinski definition) is 6. The summed E-state index contributed by atoms with van der Waals surface area (Å²) in [5.74, 6) is -0.981. The summed E-state index contributed by atoms with van der Waals surface area (Å²) in [7, 11) is -4.28. The molecule has 0 aliphatic rings. The van der Waals surface area contributed by atoms with E-state index in [1.807, 2.05) is 13.8 Å². The Balaban J connectivity index is 4.51. The average molecular weight is 304 g/mol. The van der Waals surface area contributed by atoms with Gasteiger partial charge in [0.05, 0.1) is 6.61 Å². The lowest BCUT2D eigenvalue weighted by Crippen LogP contribution is -2.38. The average Bonchev–Trinajstić information content (AvgIpc) is 2.26. The third kappa shape index (κ3) is 7.12. The standard InChI is InChI=1S/C9H18ClNO6S/c1-8(2)6-16-7-11(4-3-10)18(14,15)17-9(13)5-12/h8,12H,3-7H2,1-2H3. The van der Waals surface area contributed by atoms with Gasteiger partial charge in [-0.1, -0.05) is 13.8 Å². The summed E-state index contributed by atoms with van der Waals surface area (Å²) in [4.78, 5) is 10.8. The van der Waals surface area contributed by atoms with Crippen LogP contribution in [0.25, 0.3) is 0 Å². The van der Waals surface area contributed by atoms with Crippen molar-refractivity contribution in [3.05, 3.63) is 0 Å². The van der Waals surface area contributed by atoms with E-state index in [1.54, 1.807) is 0 Å². The van der Waals surface area contributed by atoms with Gasteiger partial charge < -0.3 is 14.0 Å². The fourth-order valence-electron chi connectivity index (χ4n) is 0.922. The van der Waals surface area contributed by atoms with Gasteiger partial charge in [0, 0.05) is 12.4 Å². The highest BCUT2D eigenvalue weighted by Gasteiger charge is 2.26. The Kier molecular flexibility index (Phi) is 8.45. The highest BCUT2D eigenvalue weighted by molar-refractivity contribution is 7.84. The zero-order valence-electron chi connectivity index (χ0n) is 10.3. The first-order chi connectivity index (χ1) is 8.33. The summed E-state index contributed by atoms with van der Waals surface area (Å²) in [6.07, 6.45) is 0. The van der Waals surface area contributed by atoms with Crippen LogP contribution in [-0.2, 0) is 24.0 Å². The van der Waals surface area contributed by atoms with Crippen molar-refractivity contribution in [3.8, 4) is 0 Å². The maximum absolute atomic E-state index is 11.6. The van der Waals surface area contributed by atoms with Crippen molar-refractivity contribution in [1.29, 1.82) is 0 Å². The van der Waals surface area contributed by atoms with Crippen molar-refractivity contribution < 1.29 is 27.2 Å². The number of alkyl halides is 1. The lowest BCUT2D eigenvalue weighted by Gasteiger charge is -2.20. The van der Waals surface area contributed by atoms with E-state index in [2.05, 4.69) is 4.18 Å². The molecule has 108 valence electrons. The van der Waals surface area contributed by atoms with Crippen molar-refractivity contribution in [3.63, 3.8) is 0 Å². The minimum atomic E-state index is -4.28. The third-order valence-electron chi connectivity index (χ3n) is 1.66. The van der Waals surface area contributed by atoms with Crippen LogP contribution in [0.4, 0.5) is 0 Å². The summed E-state index contributed by atoms with van der Waals surface area (Å²) >= 11 is 5.46. The Bertz CT molecular complexity index is 345. The lowest BCUT2D eigenvalue weighted by atomic mass is 10.2. The van der Waals surface area contributed by atoms with Crippen LogP contribution in [0.5, 0.6) is 0 Å². The fourth-order valence-corrected chi connectivity index (χ4v) is 2.14. The summed E-state index contributed by atoms with van der Waals surface area (Å²) < 4.78 is 33.3. The molecule has 0 saturated heterocycles. The van der Waals surface area contributed by atoms with Crippen LogP contribution in [-0.4, -0.2) is 56.2 Å². The van der Waals surface area contributed by atoms with Gasteiger partial charge in [0.15, 0.2) is 0 Å². The molecule has 0 unspecified atom stereocenters. The minimum Gasteiger partial charge on any atom is -0.385 e. The summed E-state index contributed by atoms with van der Waals surface area (Å²) in [6.45, 7) is 2.86. The lowest BCUT2D eigenvalue weighted by molar-refractivity contribution is -0.137. The molecule has 0 saturated carbocycles. The van der Waals surface area contributed by atoms with E-state index in [9.17, 15) is 13.2 Å². The van der Waals surface area contributed by atoms with Crippen LogP contribution in [0.2, 0.25) is 0 Å². The van der Waals surface area contributed by atoms with Crippen molar-refractivity contribution in [2.24, 2.45) is 5.92 Å². The molecule has 0 heterocycles. The molecule has 9 heteroatoms. The molecule has 1 N–H and O–H groups in total. The first-order valence-electron chi connectivity index (χ1n) is 5.30. The number of aliphatic hydroxyl groups excluding tert-OH is 1. The van der Waals surface area contributed by atoms with Gasteiger partial charge in [0.2, 0.25) is 0 Å². The Morgan fingerprint density at radius 2 is 2.06 bits per heavy atom. The van der Waals surface area contributed by atoms with Gasteiger partial charge in [0.25, 0.3) is 0 Å². The molecule has 0 fully saturated rings. The zero-order valence-corrected chi connectivity index (χ0v) is 11.9. The molecule has 0 aromatic heterocycles. The number of hydrogen-bond donors (Lipinski definition) is 1. The van der Waals surface area contributed by atoms with E-state index in [0.29, 0.717) is 6.61 Å². The van der Waals surface area contributed by atoms with Gasteiger partial charge in [0.1, 0.15) is 13.3 Å². The number of aliphatic hydroxyl groups is 1. The molecular formula is C9H18ClNO6S. The number of ether oxygens (including phenoxy) is 1. The van der Waals surface area contributed by atoms with E-state index in [1.165, 1.54) is 0 Å². The fraction of sp³-hybridized carbons (Fsp3) is 0.889. The van der Waals surface area contributed by atoms with E-state index in [-0.39, 0.29) is 25.1 Å². The minimum absolute atomic E-state index is 0.0287. The predicted molar refractivity (Wildman–Crippen MR) is 65.2 cm³/mol. The third-order valence-corrected chi connectivity index (χ3v) is 3.15. The van der Waals surface area contributed by atoms with Crippen LogP contribution in [0.1, 0.15) is 13.8 Å². The number of carbonyl (C=O) groups excluding carboxylic acids is 1. The maximum atomic E-state index is 11.6.